The molecule has 2 heterocycles. The monoisotopic (exact) mass is 412 g/mol. The fourth-order valence-electron chi connectivity index (χ4n) is 2.76. The Morgan fingerprint density at radius 1 is 1.56 bits per heavy atom. The molecule has 7 atom stereocenters. The minimum absolute atomic E-state index is 0.184. The lowest BCUT2D eigenvalue weighted by Gasteiger charge is -2.34. The van der Waals surface area contributed by atoms with Crippen molar-refractivity contribution in [3.63, 3.8) is 0 Å². The van der Waals surface area contributed by atoms with Crippen LogP contribution in [-0.4, -0.2) is 54.9 Å². The van der Waals surface area contributed by atoms with Crippen LogP contribution in [0.5, 0.6) is 0 Å². The lowest BCUT2D eigenvalue weighted by atomic mass is 9.93. The maximum atomic E-state index is 14.5. The molecule has 9 nitrogen and oxygen atoms in total. The third-order valence-electron chi connectivity index (χ3n) is 4.57. The van der Waals surface area contributed by atoms with Crippen molar-refractivity contribution in [3.05, 3.63) is 28.2 Å². The zero-order valence-corrected chi connectivity index (χ0v) is 15.9. The molecule has 1 aromatic heterocycles. The van der Waals surface area contributed by atoms with Gasteiger partial charge in [-0.05, 0) is 20.3 Å². The Morgan fingerprint density at radius 2 is 2.19 bits per heavy atom. The molecule has 0 spiro atoms. The number of halogens is 2. The molecular formula is C15H23F2N2O7P. The Kier molecular flexibility index (Phi) is 6.55. The first-order valence-corrected chi connectivity index (χ1v) is 9.98. The summed E-state index contributed by atoms with van der Waals surface area (Å²) in [6.45, 7) is 4.18. The third kappa shape index (κ3) is 4.79. The van der Waals surface area contributed by atoms with Crippen molar-refractivity contribution in [1.82, 2.24) is 9.97 Å². The summed E-state index contributed by atoms with van der Waals surface area (Å²) in [6, 6.07) is 0. The first kappa shape index (κ1) is 22.1. The van der Waals surface area contributed by atoms with Gasteiger partial charge in [-0.15, -0.1) is 0 Å². The van der Waals surface area contributed by atoms with Crippen molar-refractivity contribution in [2.75, 3.05) is 0 Å². The Bertz CT molecular complexity index is 777. The first-order chi connectivity index (χ1) is 12.4. The van der Waals surface area contributed by atoms with Crippen LogP contribution in [0.15, 0.2) is 11.0 Å². The Balaban J connectivity index is 2.21. The number of nitrogens with one attached hydrogen (secondary N) is 1. The van der Waals surface area contributed by atoms with Crippen molar-refractivity contribution in [2.24, 2.45) is 0 Å². The second-order valence-electron chi connectivity index (χ2n) is 6.77. The number of ether oxygens (including phenoxy) is 1. The zero-order valence-electron chi connectivity index (χ0n) is 15.0. The Hall–Kier alpha value is -1.23. The van der Waals surface area contributed by atoms with Gasteiger partial charge in [0.25, 0.3) is 5.56 Å². The summed E-state index contributed by atoms with van der Waals surface area (Å²) in [7, 11) is -4.37. The number of hydrogen-bond acceptors (Lipinski definition) is 7. The molecule has 0 aliphatic carbocycles. The van der Waals surface area contributed by atoms with Gasteiger partial charge in [-0.3, -0.25) is 14.3 Å². The van der Waals surface area contributed by atoms with E-state index in [0.717, 1.165) is 13.1 Å². The molecular weight excluding hydrogens is 389 g/mol. The van der Waals surface area contributed by atoms with Crippen LogP contribution in [0.3, 0.4) is 0 Å². The molecule has 1 fully saturated rings. The highest BCUT2D eigenvalue weighted by Gasteiger charge is 2.50. The minimum atomic E-state index is -4.37. The van der Waals surface area contributed by atoms with Crippen LogP contribution in [0.4, 0.5) is 8.78 Å². The quantitative estimate of drug-likeness (QED) is 0.489. The van der Waals surface area contributed by atoms with E-state index < -0.39 is 60.7 Å². The van der Waals surface area contributed by atoms with E-state index in [0.29, 0.717) is 0 Å². The van der Waals surface area contributed by atoms with E-state index in [1.54, 1.807) is 6.92 Å². The highest BCUT2D eigenvalue weighted by Crippen LogP contribution is 2.52. The van der Waals surface area contributed by atoms with Gasteiger partial charge in [0.15, 0.2) is 12.0 Å². The fourth-order valence-corrected chi connectivity index (χ4v) is 3.75. The van der Waals surface area contributed by atoms with Crippen LogP contribution < -0.4 is 5.56 Å². The second kappa shape index (κ2) is 8.02. The summed E-state index contributed by atoms with van der Waals surface area (Å²) in [5, 5.41) is 19.5. The molecule has 27 heavy (non-hydrogen) atoms. The van der Waals surface area contributed by atoms with E-state index in [4.69, 9.17) is 9.26 Å². The number of rotatable bonds is 7. The lowest BCUT2D eigenvalue weighted by molar-refractivity contribution is -0.0504. The smallest absolute Gasteiger partial charge is 0.356 e. The van der Waals surface area contributed by atoms with E-state index in [9.17, 15) is 33.2 Å². The summed E-state index contributed by atoms with van der Waals surface area (Å²) in [5.41, 5.74) is -2.65. The van der Waals surface area contributed by atoms with Crippen LogP contribution in [-0.2, 0) is 13.8 Å². The molecule has 0 aromatic carbocycles. The molecule has 2 rings (SSSR count). The number of aromatic nitrogens is 2. The summed E-state index contributed by atoms with van der Waals surface area (Å²) >= 11 is 0. The molecule has 154 valence electrons. The molecule has 1 aliphatic heterocycles. The Morgan fingerprint density at radius 3 is 2.70 bits per heavy atom. The number of nitrogens with zero attached hydrogens (tertiary/aromatic N) is 1. The van der Waals surface area contributed by atoms with Crippen molar-refractivity contribution >= 4 is 7.60 Å². The lowest BCUT2D eigenvalue weighted by Crippen LogP contribution is -2.38. The van der Waals surface area contributed by atoms with Crippen molar-refractivity contribution in [1.29, 1.82) is 0 Å². The highest BCUT2D eigenvalue weighted by atomic mass is 31.2. The number of alkyl halides is 1. The van der Waals surface area contributed by atoms with Crippen molar-refractivity contribution in [2.45, 2.75) is 69.5 Å². The average Bonchev–Trinajstić information content (AvgIpc) is 2.82. The summed E-state index contributed by atoms with van der Waals surface area (Å²) in [4.78, 5) is 26.2. The maximum absolute atomic E-state index is 14.5. The van der Waals surface area contributed by atoms with Crippen LogP contribution in [0.2, 0.25) is 0 Å². The van der Waals surface area contributed by atoms with Crippen LogP contribution in [0, 0.1) is 5.95 Å². The van der Waals surface area contributed by atoms with Gasteiger partial charge in [0.05, 0.1) is 17.9 Å². The van der Waals surface area contributed by atoms with Crippen LogP contribution in [0.1, 0.15) is 45.4 Å². The highest BCUT2D eigenvalue weighted by molar-refractivity contribution is 7.53. The van der Waals surface area contributed by atoms with E-state index >= 15 is 0 Å². The van der Waals surface area contributed by atoms with E-state index in [1.165, 1.54) is 6.92 Å². The van der Waals surface area contributed by atoms with E-state index in [-0.39, 0.29) is 12.8 Å². The van der Waals surface area contributed by atoms with Gasteiger partial charge in [-0.1, -0.05) is 6.92 Å². The topological polar surface area (TPSA) is 142 Å². The van der Waals surface area contributed by atoms with Gasteiger partial charge in [-0.2, -0.15) is 4.39 Å². The molecule has 0 radical (unpaired) electrons. The molecule has 0 amide bonds. The SMILES string of the molecule is CCC(C)(C[C@H]1O[C@@H](c2ncc(=O)[nH]c2F)[C@@H](F)C1O)OP(=O)(O)C(C)O. The normalized spacial score (nSPS) is 31.3. The first-order valence-electron chi connectivity index (χ1n) is 8.34. The molecule has 12 heteroatoms. The van der Waals surface area contributed by atoms with Gasteiger partial charge in [0.2, 0.25) is 5.95 Å². The molecule has 0 saturated carbocycles. The van der Waals surface area contributed by atoms with Crippen LogP contribution >= 0.6 is 7.60 Å². The Labute approximate surface area is 153 Å². The maximum Gasteiger partial charge on any atom is 0.356 e. The molecule has 0 bridgehead atoms. The minimum Gasteiger partial charge on any atom is -0.387 e. The fraction of sp³-hybridized carbons (Fsp3) is 0.733. The van der Waals surface area contributed by atoms with Crippen molar-refractivity contribution in [3.8, 4) is 0 Å². The predicted molar refractivity (Wildman–Crippen MR) is 89.2 cm³/mol. The number of aliphatic hydroxyl groups is 2. The van der Waals surface area contributed by atoms with Gasteiger partial charge < -0.3 is 24.4 Å². The van der Waals surface area contributed by atoms with Gasteiger partial charge >= 0.3 is 7.60 Å². The average molecular weight is 412 g/mol. The number of aromatic amines is 1. The number of hydrogen-bond donors (Lipinski definition) is 4. The molecule has 4 N–H and O–H groups in total. The van der Waals surface area contributed by atoms with Crippen molar-refractivity contribution < 1.29 is 37.7 Å². The summed E-state index contributed by atoms with van der Waals surface area (Å²) in [6.07, 6.45) is -5.74. The predicted octanol–water partition coefficient (Wildman–Crippen LogP) is 1.15. The molecule has 1 saturated heterocycles. The van der Waals surface area contributed by atoms with Gasteiger partial charge in [0.1, 0.15) is 17.9 Å². The van der Waals surface area contributed by atoms with E-state index in [1.807, 2.05) is 4.98 Å². The van der Waals surface area contributed by atoms with Gasteiger partial charge in [-0.25, -0.2) is 9.37 Å². The summed E-state index contributed by atoms with van der Waals surface area (Å²) in [5.74, 6) is -2.81. The van der Waals surface area contributed by atoms with Gasteiger partial charge in [0, 0.05) is 6.42 Å². The molecule has 1 aliphatic rings. The van der Waals surface area contributed by atoms with E-state index in [2.05, 4.69) is 4.98 Å². The largest absolute Gasteiger partial charge is 0.387 e. The third-order valence-corrected chi connectivity index (χ3v) is 6.22. The zero-order chi connectivity index (χ0) is 20.6. The molecule has 1 aromatic rings. The standard InChI is InChI=1S/C15H23F2N2O7P/c1-4-15(3,26-27(23,24)7(2)20)5-8-12(22)10(16)13(25-8)11-14(17)19-9(21)6-18-11/h6-8,10,12-13,20,22H,4-5H2,1-3H3,(H,19,21)(H,23,24)/t7?,8-,10+,12?,13-,15?/m1/s1. The number of H-pyrrole nitrogens is 1. The molecule has 4 unspecified atom stereocenters. The number of aliphatic hydroxyl groups excluding tert-OH is 2. The van der Waals surface area contributed by atoms with Crippen LogP contribution in [0.25, 0.3) is 0 Å². The summed E-state index contributed by atoms with van der Waals surface area (Å²) < 4.78 is 50.9. The second-order valence-corrected chi connectivity index (χ2v) is 8.83.